The Kier molecular flexibility index (Phi) is 6.13. The monoisotopic (exact) mass is 506 g/mol. The zero-order chi connectivity index (χ0) is 26.2. The molecule has 192 valence electrons. The molecule has 0 atom stereocenters. The number of aromatic nitrogens is 3. The fourth-order valence-corrected chi connectivity index (χ4v) is 4.99. The van der Waals surface area contributed by atoms with Crippen molar-refractivity contribution in [3.05, 3.63) is 78.8 Å². The normalized spacial score (nSPS) is 15.7. The molecule has 1 amide bonds. The Morgan fingerprint density at radius 3 is 2.26 bits per heavy atom. The number of benzene rings is 2. The number of piperazine rings is 1. The third-order valence-corrected chi connectivity index (χ3v) is 7.33. The minimum atomic E-state index is -0.106. The van der Waals surface area contributed by atoms with E-state index in [1.54, 1.807) is 30.5 Å². The first-order valence-corrected chi connectivity index (χ1v) is 12.7. The summed E-state index contributed by atoms with van der Waals surface area (Å²) in [5, 5.41) is 3.33. The van der Waals surface area contributed by atoms with Gasteiger partial charge in [0, 0.05) is 64.0 Å². The van der Waals surface area contributed by atoms with Gasteiger partial charge in [-0.2, -0.15) is 4.98 Å². The summed E-state index contributed by atoms with van der Waals surface area (Å²) in [6.45, 7) is 4.20. The average molecular weight is 507 g/mol. The van der Waals surface area contributed by atoms with E-state index in [2.05, 4.69) is 56.4 Å². The van der Waals surface area contributed by atoms with Crippen LogP contribution in [0.5, 0.6) is 0 Å². The molecule has 4 heterocycles. The highest BCUT2D eigenvalue weighted by Crippen LogP contribution is 2.39. The number of hydrogen-bond donors (Lipinski definition) is 1. The van der Waals surface area contributed by atoms with E-state index in [-0.39, 0.29) is 5.91 Å². The molecule has 1 saturated heterocycles. The van der Waals surface area contributed by atoms with E-state index in [4.69, 9.17) is 4.98 Å². The number of fused-ring (bicyclic) bond motifs is 2. The van der Waals surface area contributed by atoms with E-state index in [1.807, 2.05) is 42.3 Å². The number of hydrogen-bond acceptors (Lipinski definition) is 8. The van der Waals surface area contributed by atoms with Crippen LogP contribution in [-0.2, 0) is 0 Å². The average Bonchev–Trinajstić information content (AvgIpc) is 3.03. The topological polar surface area (TPSA) is 80.7 Å². The first kappa shape index (κ1) is 23.9. The number of rotatable bonds is 4. The number of likely N-dealkylation sites (N-methyl/N-ethyl adjacent to an activating group) is 1. The van der Waals surface area contributed by atoms with Crippen LogP contribution in [0.4, 0.5) is 34.5 Å². The van der Waals surface area contributed by atoms with Gasteiger partial charge in [-0.25, -0.2) is 4.98 Å². The summed E-state index contributed by atoms with van der Waals surface area (Å²) >= 11 is 0. The van der Waals surface area contributed by atoms with Gasteiger partial charge in [-0.05, 0) is 66.7 Å². The second kappa shape index (κ2) is 9.75. The molecule has 1 N–H and O–H groups in total. The SMILES string of the molecule is CN1CCN(c2ccc(Nc3ncc4c(n3)N(C)c3ccc(-c5ccncc5)cc3C(=O)N4C)cc2)CC1. The lowest BCUT2D eigenvalue weighted by molar-refractivity contribution is 0.0994. The van der Waals surface area contributed by atoms with Gasteiger partial charge in [0.2, 0.25) is 5.95 Å². The van der Waals surface area contributed by atoms with Crippen molar-refractivity contribution < 1.29 is 4.79 Å². The molecule has 0 unspecified atom stereocenters. The van der Waals surface area contributed by atoms with Gasteiger partial charge in [0.05, 0.1) is 17.4 Å². The molecule has 4 aromatic rings. The van der Waals surface area contributed by atoms with E-state index < -0.39 is 0 Å². The van der Waals surface area contributed by atoms with Crippen LogP contribution < -0.4 is 20.0 Å². The van der Waals surface area contributed by atoms with Gasteiger partial charge in [0.25, 0.3) is 5.91 Å². The van der Waals surface area contributed by atoms with Crippen LogP contribution in [-0.4, -0.2) is 73.1 Å². The molecule has 0 aliphatic carbocycles. The van der Waals surface area contributed by atoms with Crippen LogP contribution in [0.1, 0.15) is 10.4 Å². The molecule has 0 spiro atoms. The predicted octanol–water partition coefficient (Wildman–Crippen LogP) is 4.39. The Hall–Kier alpha value is -4.50. The summed E-state index contributed by atoms with van der Waals surface area (Å²) in [5.41, 5.74) is 6.14. The minimum absolute atomic E-state index is 0.106. The van der Waals surface area contributed by atoms with Crippen molar-refractivity contribution in [3.63, 3.8) is 0 Å². The van der Waals surface area contributed by atoms with E-state index in [0.717, 1.165) is 48.7 Å². The summed E-state index contributed by atoms with van der Waals surface area (Å²) in [5.74, 6) is 1.02. The number of nitrogens with one attached hydrogen (secondary N) is 1. The number of carbonyl (C=O) groups excluding carboxylic acids is 1. The molecule has 9 heteroatoms. The molecule has 1 fully saturated rings. The zero-order valence-corrected chi connectivity index (χ0v) is 21.8. The van der Waals surface area contributed by atoms with Gasteiger partial charge in [-0.1, -0.05) is 6.07 Å². The lowest BCUT2D eigenvalue weighted by atomic mass is 10.0. The number of pyridine rings is 1. The summed E-state index contributed by atoms with van der Waals surface area (Å²) in [6.07, 6.45) is 5.20. The van der Waals surface area contributed by atoms with Crippen LogP contribution in [0, 0.1) is 0 Å². The molecule has 0 bridgehead atoms. The summed E-state index contributed by atoms with van der Waals surface area (Å²) < 4.78 is 0. The lowest BCUT2D eigenvalue weighted by Crippen LogP contribution is -2.44. The molecule has 2 aromatic carbocycles. The fraction of sp³-hybridized carbons (Fsp3) is 0.241. The highest BCUT2D eigenvalue weighted by molar-refractivity contribution is 6.13. The van der Waals surface area contributed by atoms with Gasteiger partial charge in [0.15, 0.2) is 5.82 Å². The maximum atomic E-state index is 13.5. The van der Waals surface area contributed by atoms with E-state index in [0.29, 0.717) is 23.0 Å². The van der Waals surface area contributed by atoms with Gasteiger partial charge in [0.1, 0.15) is 5.69 Å². The highest BCUT2D eigenvalue weighted by Gasteiger charge is 2.29. The Bertz CT molecular complexity index is 1470. The number of carbonyl (C=O) groups is 1. The molecular weight excluding hydrogens is 476 g/mol. The van der Waals surface area contributed by atoms with Crippen LogP contribution in [0.3, 0.4) is 0 Å². The Labute approximate surface area is 222 Å². The smallest absolute Gasteiger partial charge is 0.260 e. The standard InChI is InChI=1S/C29H30N8O/c1-34-14-16-37(17-15-34)23-7-5-22(6-8-23)32-29-31-19-26-27(33-29)35(2)25-9-4-21(20-10-12-30-13-11-20)18-24(25)28(38)36(26)3/h4-13,18-19H,14-17H2,1-3H3,(H,31,32,33). The predicted molar refractivity (Wildman–Crippen MR) is 152 cm³/mol. The molecule has 0 radical (unpaired) electrons. The molecule has 9 nitrogen and oxygen atoms in total. The number of amides is 1. The van der Waals surface area contributed by atoms with Crippen molar-refractivity contribution >= 4 is 40.4 Å². The van der Waals surface area contributed by atoms with Gasteiger partial charge in [-0.15, -0.1) is 0 Å². The van der Waals surface area contributed by atoms with E-state index in [9.17, 15) is 4.79 Å². The largest absolute Gasteiger partial charge is 0.369 e. The summed E-state index contributed by atoms with van der Waals surface area (Å²) in [7, 11) is 5.85. The Morgan fingerprint density at radius 2 is 1.53 bits per heavy atom. The molecule has 2 aliphatic rings. The van der Waals surface area contributed by atoms with E-state index >= 15 is 0 Å². The molecule has 6 rings (SSSR count). The third kappa shape index (κ3) is 4.41. The number of anilines is 6. The first-order valence-electron chi connectivity index (χ1n) is 12.7. The van der Waals surface area contributed by atoms with Gasteiger partial charge < -0.3 is 24.9 Å². The van der Waals surface area contributed by atoms with Crippen molar-refractivity contribution in [3.8, 4) is 11.1 Å². The minimum Gasteiger partial charge on any atom is -0.369 e. The van der Waals surface area contributed by atoms with Crippen molar-refractivity contribution in [1.29, 1.82) is 0 Å². The number of nitrogens with zero attached hydrogens (tertiary/aromatic N) is 7. The van der Waals surface area contributed by atoms with Crippen molar-refractivity contribution in [1.82, 2.24) is 19.9 Å². The van der Waals surface area contributed by atoms with Crippen LogP contribution in [0.25, 0.3) is 11.1 Å². The second-order valence-electron chi connectivity index (χ2n) is 9.76. The molecule has 0 saturated carbocycles. The second-order valence-corrected chi connectivity index (χ2v) is 9.76. The van der Waals surface area contributed by atoms with Crippen LogP contribution in [0.2, 0.25) is 0 Å². The maximum absolute atomic E-state index is 13.5. The molecular formula is C29H30N8O. The van der Waals surface area contributed by atoms with Crippen molar-refractivity contribution in [2.45, 2.75) is 0 Å². The fourth-order valence-electron chi connectivity index (χ4n) is 4.99. The molecule has 2 aromatic heterocycles. The third-order valence-electron chi connectivity index (χ3n) is 7.33. The Morgan fingerprint density at radius 1 is 0.789 bits per heavy atom. The zero-order valence-electron chi connectivity index (χ0n) is 21.8. The summed E-state index contributed by atoms with van der Waals surface area (Å²) in [6, 6.07) is 18.2. The van der Waals surface area contributed by atoms with E-state index in [1.165, 1.54) is 5.69 Å². The van der Waals surface area contributed by atoms with Gasteiger partial charge >= 0.3 is 0 Å². The van der Waals surface area contributed by atoms with Crippen LogP contribution >= 0.6 is 0 Å². The quantitative estimate of drug-likeness (QED) is 0.437. The highest BCUT2D eigenvalue weighted by atomic mass is 16.2. The Balaban J connectivity index is 1.27. The first-order chi connectivity index (χ1) is 18.5. The maximum Gasteiger partial charge on any atom is 0.260 e. The molecule has 2 aliphatic heterocycles. The molecule has 38 heavy (non-hydrogen) atoms. The lowest BCUT2D eigenvalue weighted by Gasteiger charge is -2.34. The van der Waals surface area contributed by atoms with Gasteiger partial charge in [-0.3, -0.25) is 9.78 Å². The summed E-state index contributed by atoms with van der Waals surface area (Å²) in [4.78, 5) is 35.3. The van der Waals surface area contributed by atoms with Crippen LogP contribution in [0.15, 0.2) is 73.2 Å². The van der Waals surface area contributed by atoms with Crippen molar-refractivity contribution in [2.75, 3.05) is 67.3 Å². The van der Waals surface area contributed by atoms with Crippen molar-refractivity contribution in [2.24, 2.45) is 0 Å².